The Morgan fingerprint density at radius 2 is 1.87 bits per heavy atom. The Labute approximate surface area is 176 Å². The molecule has 30 heavy (non-hydrogen) atoms. The Kier molecular flexibility index (Phi) is 4.92. The molecule has 0 spiro atoms. The smallest absolute Gasteiger partial charge is 0.325 e. The number of nitrogens with zero attached hydrogens (tertiary/aromatic N) is 2. The van der Waals surface area contributed by atoms with Gasteiger partial charge >= 0.3 is 6.03 Å². The van der Waals surface area contributed by atoms with E-state index in [1.807, 2.05) is 26.8 Å². The van der Waals surface area contributed by atoms with Crippen molar-refractivity contribution in [2.24, 2.45) is 0 Å². The number of hydrogen-bond acceptors (Lipinski definition) is 4. The van der Waals surface area contributed by atoms with Gasteiger partial charge in [0.1, 0.15) is 11.3 Å². The normalized spacial score (nSPS) is 21.1. The minimum atomic E-state index is -1.17. The van der Waals surface area contributed by atoms with E-state index in [-0.39, 0.29) is 12.3 Å². The monoisotopic (exact) mass is 409 g/mol. The van der Waals surface area contributed by atoms with Crippen LogP contribution in [0, 0.1) is 13.8 Å². The molecule has 7 heteroatoms. The molecule has 1 saturated carbocycles. The summed E-state index contributed by atoms with van der Waals surface area (Å²) < 4.78 is 7.37. The molecule has 1 aliphatic heterocycles. The fraction of sp³-hybridized carbons (Fsp3) is 0.435. The van der Waals surface area contributed by atoms with Crippen molar-refractivity contribution < 1.29 is 19.1 Å². The number of rotatable bonds is 7. The first kappa shape index (κ1) is 20.2. The Hall–Kier alpha value is -3.09. The number of methoxy groups -OCH3 is 1. The Balaban J connectivity index is 1.59. The van der Waals surface area contributed by atoms with Crippen molar-refractivity contribution in [3.8, 4) is 5.75 Å². The number of aryl methyl sites for hydroxylation is 1. The summed E-state index contributed by atoms with van der Waals surface area (Å²) >= 11 is 0. The fourth-order valence-electron chi connectivity index (χ4n) is 4.47. The van der Waals surface area contributed by atoms with Crippen LogP contribution in [-0.4, -0.2) is 40.8 Å². The molecule has 4 rings (SSSR count). The van der Waals surface area contributed by atoms with Gasteiger partial charge in [-0.3, -0.25) is 14.5 Å². The molecular formula is C23H27N3O4. The van der Waals surface area contributed by atoms with E-state index in [0.717, 1.165) is 29.1 Å². The molecule has 2 aromatic rings. The average Bonchev–Trinajstić information content (AvgIpc) is 3.49. The maximum absolute atomic E-state index is 13.3. The predicted octanol–water partition coefficient (Wildman–Crippen LogP) is 3.49. The first-order valence-electron chi connectivity index (χ1n) is 10.3. The number of carbonyl (C=O) groups excluding carboxylic acids is 3. The Bertz CT molecular complexity index is 1020. The van der Waals surface area contributed by atoms with E-state index >= 15 is 0 Å². The molecular weight excluding hydrogens is 382 g/mol. The second-order valence-electron chi connectivity index (χ2n) is 8.12. The van der Waals surface area contributed by atoms with Crippen LogP contribution in [-0.2, 0) is 10.3 Å². The number of Topliss-reactive ketones (excluding diaryl/α,β-unsaturated/α-hetero) is 1. The van der Waals surface area contributed by atoms with E-state index in [0.29, 0.717) is 29.3 Å². The standard InChI is InChI=1S/C23H27N3O4/c1-5-23(16-6-10-18(30-4)11-7-16)21(28)25(22(29)24-23)13-20(27)19-12-14(2)26(15(19)3)17-8-9-17/h6-7,10-12,17H,5,8-9,13H2,1-4H3,(H,24,29)/t23-/m0/s1. The molecule has 2 fully saturated rings. The average molecular weight is 409 g/mol. The topological polar surface area (TPSA) is 80.6 Å². The molecule has 3 amide bonds. The van der Waals surface area contributed by atoms with Crippen molar-refractivity contribution in [3.05, 3.63) is 52.8 Å². The van der Waals surface area contributed by atoms with Gasteiger partial charge in [-0.25, -0.2) is 4.79 Å². The molecule has 1 aliphatic carbocycles. The van der Waals surface area contributed by atoms with Crippen molar-refractivity contribution in [1.82, 2.24) is 14.8 Å². The number of imide groups is 1. The Morgan fingerprint density at radius 1 is 1.20 bits per heavy atom. The van der Waals surface area contributed by atoms with Crippen molar-refractivity contribution in [3.63, 3.8) is 0 Å². The SMILES string of the molecule is CC[C@@]1(c2ccc(OC)cc2)NC(=O)N(CC(=O)c2cc(C)n(C3CC3)c2C)C1=O. The summed E-state index contributed by atoms with van der Waals surface area (Å²) in [6, 6.07) is 8.85. The number of aromatic nitrogens is 1. The summed E-state index contributed by atoms with van der Waals surface area (Å²) in [6.45, 7) is 5.49. The van der Waals surface area contributed by atoms with E-state index in [9.17, 15) is 14.4 Å². The van der Waals surface area contributed by atoms with Crippen LogP contribution in [0.3, 0.4) is 0 Å². The third-order valence-electron chi connectivity index (χ3n) is 6.29. The van der Waals surface area contributed by atoms with E-state index < -0.39 is 17.5 Å². The summed E-state index contributed by atoms with van der Waals surface area (Å²) in [4.78, 5) is 40.1. The highest BCUT2D eigenvalue weighted by atomic mass is 16.5. The van der Waals surface area contributed by atoms with Gasteiger partial charge in [0.2, 0.25) is 0 Å². The number of ketones is 1. The van der Waals surface area contributed by atoms with Crippen molar-refractivity contribution >= 4 is 17.7 Å². The van der Waals surface area contributed by atoms with E-state index in [1.165, 1.54) is 0 Å². The summed E-state index contributed by atoms with van der Waals surface area (Å²) in [6.07, 6.45) is 2.63. The highest BCUT2D eigenvalue weighted by molar-refractivity contribution is 6.11. The second-order valence-corrected chi connectivity index (χ2v) is 8.12. The molecule has 1 aromatic heterocycles. The van der Waals surface area contributed by atoms with Crippen LogP contribution < -0.4 is 10.1 Å². The van der Waals surface area contributed by atoms with Crippen LogP contribution in [0.4, 0.5) is 4.79 Å². The largest absolute Gasteiger partial charge is 0.497 e. The van der Waals surface area contributed by atoms with Gasteiger partial charge in [0.05, 0.1) is 13.7 Å². The van der Waals surface area contributed by atoms with Gasteiger partial charge in [-0.05, 0) is 56.9 Å². The van der Waals surface area contributed by atoms with Gasteiger partial charge in [0, 0.05) is 23.0 Å². The van der Waals surface area contributed by atoms with Crippen LogP contribution in [0.2, 0.25) is 0 Å². The highest BCUT2D eigenvalue weighted by Gasteiger charge is 2.51. The van der Waals surface area contributed by atoms with Crippen molar-refractivity contribution in [2.75, 3.05) is 13.7 Å². The minimum absolute atomic E-state index is 0.222. The third-order valence-corrected chi connectivity index (χ3v) is 6.29. The quantitative estimate of drug-likeness (QED) is 0.561. The third kappa shape index (κ3) is 3.09. The molecule has 1 saturated heterocycles. The predicted molar refractivity (Wildman–Crippen MR) is 112 cm³/mol. The molecule has 1 aromatic carbocycles. The van der Waals surface area contributed by atoms with Gasteiger partial charge in [0.25, 0.3) is 5.91 Å². The maximum Gasteiger partial charge on any atom is 0.325 e. The van der Waals surface area contributed by atoms with E-state index in [4.69, 9.17) is 4.74 Å². The molecule has 0 unspecified atom stereocenters. The van der Waals surface area contributed by atoms with Gasteiger partial charge in [-0.1, -0.05) is 19.1 Å². The number of nitrogens with one attached hydrogen (secondary N) is 1. The fourth-order valence-corrected chi connectivity index (χ4v) is 4.47. The van der Waals surface area contributed by atoms with Crippen LogP contribution >= 0.6 is 0 Å². The zero-order valence-electron chi connectivity index (χ0n) is 17.8. The molecule has 1 N–H and O–H groups in total. The van der Waals surface area contributed by atoms with Gasteiger partial charge in [-0.15, -0.1) is 0 Å². The summed E-state index contributed by atoms with van der Waals surface area (Å²) in [5.41, 5.74) is 2.03. The molecule has 0 bridgehead atoms. The lowest BCUT2D eigenvalue weighted by molar-refractivity contribution is -0.131. The molecule has 2 heterocycles. The summed E-state index contributed by atoms with van der Waals surface area (Å²) in [7, 11) is 1.57. The first-order chi connectivity index (χ1) is 14.3. The number of ether oxygens (including phenoxy) is 1. The lowest BCUT2D eigenvalue weighted by Crippen LogP contribution is -2.43. The number of hydrogen-bond donors (Lipinski definition) is 1. The van der Waals surface area contributed by atoms with Gasteiger partial charge in [0.15, 0.2) is 5.78 Å². The Morgan fingerprint density at radius 3 is 2.43 bits per heavy atom. The molecule has 7 nitrogen and oxygen atoms in total. The van der Waals surface area contributed by atoms with Crippen LogP contribution in [0.25, 0.3) is 0 Å². The first-order valence-corrected chi connectivity index (χ1v) is 10.3. The van der Waals surface area contributed by atoms with Crippen LogP contribution in [0.1, 0.15) is 59.5 Å². The number of carbonyl (C=O) groups is 3. The summed E-state index contributed by atoms with van der Waals surface area (Å²) in [5.74, 6) is 0.0458. The number of urea groups is 1. The molecule has 158 valence electrons. The number of benzene rings is 1. The second kappa shape index (κ2) is 7.31. The number of amides is 3. The zero-order chi connectivity index (χ0) is 21.6. The van der Waals surface area contributed by atoms with Crippen LogP contribution in [0.15, 0.2) is 30.3 Å². The zero-order valence-corrected chi connectivity index (χ0v) is 17.8. The van der Waals surface area contributed by atoms with Gasteiger partial charge < -0.3 is 14.6 Å². The summed E-state index contributed by atoms with van der Waals surface area (Å²) in [5, 5.41) is 2.83. The highest BCUT2D eigenvalue weighted by Crippen LogP contribution is 2.39. The minimum Gasteiger partial charge on any atom is -0.497 e. The van der Waals surface area contributed by atoms with Crippen LogP contribution in [0.5, 0.6) is 5.75 Å². The van der Waals surface area contributed by atoms with Crippen molar-refractivity contribution in [1.29, 1.82) is 0 Å². The lowest BCUT2D eigenvalue weighted by Gasteiger charge is -2.26. The molecule has 2 aliphatic rings. The maximum atomic E-state index is 13.3. The van der Waals surface area contributed by atoms with E-state index in [2.05, 4.69) is 9.88 Å². The van der Waals surface area contributed by atoms with Gasteiger partial charge in [-0.2, -0.15) is 0 Å². The molecule has 1 atom stereocenters. The van der Waals surface area contributed by atoms with E-state index in [1.54, 1.807) is 31.4 Å². The lowest BCUT2D eigenvalue weighted by atomic mass is 9.87. The van der Waals surface area contributed by atoms with Crippen molar-refractivity contribution in [2.45, 2.75) is 51.6 Å². The molecule has 0 radical (unpaired) electrons.